The molecule has 0 fully saturated rings. The van der Waals surface area contributed by atoms with Crippen molar-refractivity contribution < 1.29 is 19.0 Å². The standard InChI is InChI=1S/C42H75BrO4/c1-3-5-7-9-11-13-15-16-17-18-19-21-23-25-27-29-34-46-41-36-39(38-47-42(44)31-30-32-43)35-40(37-41)45-33-28-26-24-22-20-14-12-10-8-6-4-2/h35-37H,3-34,38H2,1-2H3. The Hall–Kier alpha value is -1.23. The largest absolute Gasteiger partial charge is 0.493 e. The van der Waals surface area contributed by atoms with Crippen molar-refractivity contribution in [2.24, 2.45) is 0 Å². The Labute approximate surface area is 300 Å². The Kier molecular flexibility index (Phi) is 32.3. The predicted molar refractivity (Wildman–Crippen MR) is 206 cm³/mol. The molecule has 274 valence electrons. The van der Waals surface area contributed by atoms with E-state index in [1.54, 1.807) is 0 Å². The van der Waals surface area contributed by atoms with E-state index in [2.05, 4.69) is 29.8 Å². The number of ether oxygens (including phenoxy) is 3. The third kappa shape index (κ3) is 29.4. The lowest BCUT2D eigenvalue weighted by Crippen LogP contribution is -2.06. The molecule has 0 amide bonds. The highest BCUT2D eigenvalue weighted by molar-refractivity contribution is 9.09. The van der Waals surface area contributed by atoms with Crippen LogP contribution in [0.5, 0.6) is 11.5 Å². The van der Waals surface area contributed by atoms with E-state index in [-0.39, 0.29) is 12.6 Å². The van der Waals surface area contributed by atoms with Gasteiger partial charge in [0.1, 0.15) is 18.1 Å². The van der Waals surface area contributed by atoms with E-state index in [0.29, 0.717) is 19.6 Å². The number of halogens is 1. The van der Waals surface area contributed by atoms with Crippen molar-refractivity contribution in [1.82, 2.24) is 0 Å². The SMILES string of the molecule is CCCCCCCCCCCCCCCCCCOc1cc(COC(=O)CCCBr)cc(OCCCCCCCCCCCCC)c1. The highest BCUT2D eigenvalue weighted by Gasteiger charge is 2.08. The fourth-order valence-electron chi connectivity index (χ4n) is 6.12. The number of carbonyl (C=O) groups is 1. The molecule has 1 rings (SSSR count). The van der Waals surface area contributed by atoms with E-state index in [9.17, 15) is 4.79 Å². The summed E-state index contributed by atoms with van der Waals surface area (Å²) in [7, 11) is 0. The number of hydrogen-bond acceptors (Lipinski definition) is 4. The van der Waals surface area contributed by atoms with E-state index in [4.69, 9.17) is 14.2 Å². The zero-order chi connectivity index (χ0) is 33.9. The molecule has 0 aliphatic rings. The molecule has 4 nitrogen and oxygen atoms in total. The first-order valence-electron chi connectivity index (χ1n) is 20.3. The van der Waals surface area contributed by atoms with Crippen LogP contribution < -0.4 is 9.47 Å². The minimum absolute atomic E-state index is 0.160. The molecule has 0 heterocycles. The quantitative estimate of drug-likeness (QED) is 0.0393. The number of unbranched alkanes of at least 4 members (excludes halogenated alkanes) is 25. The van der Waals surface area contributed by atoms with Crippen LogP contribution in [0.4, 0.5) is 0 Å². The van der Waals surface area contributed by atoms with Crippen molar-refractivity contribution in [2.45, 2.75) is 207 Å². The van der Waals surface area contributed by atoms with Gasteiger partial charge in [0.15, 0.2) is 0 Å². The Morgan fingerprint density at radius 1 is 0.489 bits per heavy atom. The lowest BCUT2D eigenvalue weighted by molar-refractivity contribution is -0.144. The molecule has 0 N–H and O–H groups in total. The second-order valence-electron chi connectivity index (χ2n) is 13.8. The topological polar surface area (TPSA) is 44.8 Å². The summed E-state index contributed by atoms with van der Waals surface area (Å²) in [5.74, 6) is 1.47. The van der Waals surface area contributed by atoms with Gasteiger partial charge >= 0.3 is 5.97 Å². The first-order valence-corrected chi connectivity index (χ1v) is 21.4. The number of esters is 1. The Bertz CT molecular complexity index is 814. The van der Waals surface area contributed by atoms with Crippen molar-refractivity contribution in [3.05, 3.63) is 23.8 Å². The maximum Gasteiger partial charge on any atom is 0.306 e. The Morgan fingerprint density at radius 2 is 0.830 bits per heavy atom. The molecule has 0 saturated carbocycles. The van der Waals surface area contributed by atoms with Gasteiger partial charge in [-0.3, -0.25) is 4.79 Å². The van der Waals surface area contributed by atoms with Crippen LogP contribution in [0, 0.1) is 0 Å². The maximum absolute atomic E-state index is 12.1. The van der Waals surface area contributed by atoms with Crippen molar-refractivity contribution in [3.8, 4) is 11.5 Å². The van der Waals surface area contributed by atoms with Crippen molar-refractivity contribution in [1.29, 1.82) is 0 Å². The molecule has 1 aromatic carbocycles. The molecule has 0 bridgehead atoms. The average molecular weight is 724 g/mol. The zero-order valence-corrected chi connectivity index (χ0v) is 32.7. The second-order valence-corrected chi connectivity index (χ2v) is 14.6. The highest BCUT2D eigenvalue weighted by atomic mass is 79.9. The molecule has 0 unspecified atom stereocenters. The van der Waals surface area contributed by atoms with Crippen LogP contribution in [0.2, 0.25) is 0 Å². The van der Waals surface area contributed by atoms with Crippen LogP contribution >= 0.6 is 15.9 Å². The predicted octanol–water partition coefficient (Wildman–Crippen LogP) is 14.2. The molecule has 5 heteroatoms. The summed E-state index contributed by atoms with van der Waals surface area (Å²) >= 11 is 3.38. The molecular weight excluding hydrogens is 648 g/mol. The molecule has 0 aliphatic carbocycles. The van der Waals surface area contributed by atoms with Crippen molar-refractivity contribution >= 4 is 21.9 Å². The molecular formula is C42H75BrO4. The van der Waals surface area contributed by atoms with Gasteiger partial charge in [-0.2, -0.15) is 0 Å². The van der Waals surface area contributed by atoms with E-state index in [1.807, 2.05) is 18.2 Å². The van der Waals surface area contributed by atoms with Crippen LogP contribution in [0.1, 0.15) is 206 Å². The van der Waals surface area contributed by atoms with Gasteiger partial charge in [0.05, 0.1) is 13.2 Å². The summed E-state index contributed by atoms with van der Waals surface area (Å²) in [5, 5.41) is 0.807. The van der Waals surface area contributed by atoms with E-state index in [1.165, 1.54) is 161 Å². The summed E-state index contributed by atoms with van der Waals surface area (Å²) in [6.07, 6.45) is 37.7. The van der Waals surface area contributed by atoms with E-state index >= 15 is 0 Å². The zero-order valence-electron chi connectivity index (χ0n) is 31.1. The summed E-state index contributed by atoms with van der Waals surface area (Å²) in [6, 6.07) is 6.00. The normalized spacial score (nSPS) is 11.2. The Morgan fingerprint density at radius 3 is 1.17 bits per heavy atom. The Balaban J connectivity index is 2.24. The van der Waals surface area contributed by atoms with Gasteiger partial charge < -0.3 is 14.2 Å². The summed E-state index contributed by atoms with van der Waals surface area (Å²) < 4.78 is 17.8. The highest BCUT2D eigenvalue weighted by Crippen LogP contribution is 2.25. The molecule has 0 radical (unpaired) electrons. The van der Waals surface area contributed by atoms with Gasteiger partial charge in [0.25, 0.3) is 0 Å². The lowest BCUT2D eigenvalue weighted by Gasteiger charge is -2.13. The van der Waals surface area contributed by atoms with Gasteiger partial charge in [-0.25, -0.2) is 0 Å². The second kappa shape index (κ2) is 34.6. The number of alkyl halides is 1. The molecule has 0 aliphatic heterocycles. The fraction of sp³-hybridized carbons (Fsp3) is 0.833. The number of benzene rings is 1. The van der Waals surface area contributed by atoms with Gasteiger partial charge in [-0.05, 0) is 37.0 Å². The molecule has 47 heavy (non-hydrogen) atoms. The van der Waals surface area contributed by atoms with Crippen molar-refractivity contribution in [2.75, 3.05) is 18.5 Å². The first kappa shape index (κ1) is 43.8. The third-order valence-electron chi connectivity index (χ3n) is 9.14. The third-order valence-corrected chi connectivity index (χ3v) is 9.70. The molecule has 0 saturated heterocycles. The van der Waals surface area contributed by atoms with E-state index < -0.39 is 0 Å². The van der Waals surface area contributed by atoms with Crippen LogP contribution in [0.3, 0.4) is 0 Å². The van der Waals surface area contributed by atoms with Gasteiger partial charge in [0.2, 0.25) is 0 Å². The fourth-order valence-corrected chi connectivity index (χ4v) is 6.40. The van der Waals surface area contributed by atoms with Crippen LogP contribution in [-0.4, -0.2) is 24.5 Å². The summed E-state index contributed by atoms with van der Waals surface area (Å²) in [5.41, 5.74) is 0.926. The summed E-state index contributed by atoms with van der Waals surface area (Å²) in [6.45, 7) is 6.25. The lowest BCUT2D eigenvalue weighted by atomic mass is 10.0. The molecule has 1 aromatic rings. The van der Waals surface area contributed by atoms with Gasteiger partial charge in [0, 0.05) is 17.8 Å². The number of carbonyl (C=O) groups excluding carboxylic acids is 1. The smallest absolute Gasteiger partial charge is 0.306 e. The summed E-state index contributed by atoms with van der Waals surface area (Å²) in [4.78, 5) is 12.1. The molecule has 0 spiro atoms. The monoisotopic (exact) mass is 722 g/mol. The minimum atomic E-state index is -0.160. The van der Waals surface area contributed by atoms with Gasteiger partial charge in [-0.15, -0.1) is 0 Å². The minimum Gasteiger partial charge on any atom is -0.493 e. The first-order chi connectivity index (χ1) is 23.2. The van der Waals surface area contributed by atoms with E-state index in [0.717, 1.165) is 41.7 Å². The molecule has 0 aromatic heterocycles. The van der Waals surface area contributed by atoms with Crippen molar-refractivity contribution in [3.63, 3.8) is 0 Å². The number of rotatable bonds is 36. The number of hydrogen-bond donors (Lipinski definition) is 0. The van der Waals surface area contributed by atoms with Gasteiger partial charge in [-0.1, -0.05) is 190 Å². The maximum atomic E-state index is 12.1. The van der Waals surface area contributed by atoms with Crippen LogP contribution in [-0.2, 0) is 16.1 Å². The van der Waals surface area contributed by atoms with Crippen LogP contribution in [0.15, 0.2) is 18.2 Å². The van der Waals surface area contributed by atoms with Crippen LogP contribution in [0.25, 0.3) is 0 Å². The molecule has 0 atom stereocenters. The average Bonchev–Trinajstić information content (AvgIpc) is 3.08.